The molecule has 1 amide bonds. The first kappa shape index (κ1) is 11.5. The quantitative estimate of drug-likeness (QED) is 0.683. The molecule has 1 aliphatic heterocycles. The van der Waals surface area contributed by atoms with Crippen LogP contribution in [0.25, 0.3) is 0 Å². The lowest BCUT2D eigenvalue weighted by Crippen LogP contribution is -2.45. The van der Waals surface area contributed by atoms with Crippen molar-refractivity contribution in [2.75, 3.05) is 19.7 Å². The number of morpholine rings is 1. The number of carbonyl (C=O) groups is 1. The van der Waals surface area contributed by atoms with Crippen molar-refractivity contribution >= 4 is 5.91 Å². The number of ether oxygens (including phenoxy) is 1. The van der Waals surface area contributed by atoms with Crippen LogP contribution in [0.1, 0.15) is 12.7 Å². The van der Waals surface area contributed by atoms with Crippen LogP contribution in [0, 0.1) is 11.3 Å². The lowest BCUT2D eigenvalue weighted by atomic mass is 10.3. The molecule has 1 atom stereocenters. The van der Waals surface area contributed by atoms with Gasteiger partial charge in [-0.2, -0.15) is 5.26 Å². The summed E-state index contributed by atoms with van der Waals surface area (Å²) in [7, 11) is 0. The zero-order valence-corrected chi connectivity index (χ0v) is 9.54. The summed E-state index contributed by atoms with van der Waals surface area (Å²) < 4.78 is 6.73. The topological polar surface area (TPSA) is 84.0 Å². The first-order valence-corrected chi connectivity index (χ1v) is 5.38. The highest BCUT2D eigenvalue weighted by molar-refractivity contribution is 5.76. The maximum atomic E-state index is 11.9. The summed E-state index contributed by atoms with van der Waals surface area (Å²) in [5, 5.41) is 12.4. The average molecular weight is 235 g/mol. The molecule has 1 aromatic rings. The lowest BCUT2D eigenvalue weighted by Gasteiger charge is -2.31. The molecular formula is C10H13N5O2. The molecule has 2 rings (SSSR count). The van der Waals surface area contributed by atoms with Crippen LogP contribution >= 0.6 is 0 Å². The molecule has 0 unspecified atom stereocenters. The van der Waals surface area contributed by atoms with Crippen LogP contribution in [0.15, 0.2) is 6.33 Å². The predicted molar refractivity (Wildman–Crippen MR) is 56.7 cm³/mol. The Bertz CT molecular complexity index is 450. The van der Waals surface area contributed by atoms with E-state index >= 15 is 0 Å². The van der Waals surface area contributed by atoms with Crippen molar-refractivity contribution in [3.05, 3.63) is 12.2 Å². The van der Waals surface area contributed by atoms with Crippen LogP contribution in [0.4, 0.5) is 0 Å². The molecule has 7 nitrogen and oxygen atoms in total. The molecule has 1 aromatic heterocycles. The number of nitriles is 1. The number of amides is 1. The molecule has 1 saturated heterocycles. The zero-order chi connectivity index (χ0) is 12.3. The summed E-state index contributed by atoms with van der Waals surface area (Å²) in [6.07, 6.45) is 1.46. The Balaban J connectivity index is 1.94. The van der Waals surface area contributed by atoms with Crippen molar-refractivity contribution in [2.45, 2.75) is 19.6 Å². The zero-order valence-electron chi connectivity index (χ0n) is 9.54. The monoisotopic (exact) mass is 235 g/mol. The van der Waals surface area contributed by atoms with Gasteiger partial charge < -0.3 is 9.64 Å². The minimum Gasteiger partial charge on any atom is -0.375 e. The third-order valence-electron chi connectivity index (χ3n) is 2.53. The summed E-state index contributed by atoms with van der Waals surface area (Å²) in [6, 6.07) is 1.82. The summed E-state index contributed by atoms with van der Waals surface area (Å²) in [5.41, 5.74) is 0. The standard InChI is InChI=1S/C10H13N5O2/c1-8-5-14(2-3-17-8)10(16)6-15-7-12-9(4-11)13-15/h7-8H,2-3,5-6H2,1H3/t8-/m0/s1. The van der Waals surface area contributed by atoms with Crippen molar-refractivity contribution in [3.63, 3.8) is 0 Å². The summed E-state index contributed by atoms with van der Waals surface area (Å²) in [5.74, 6) is 0.0442. The van der Waals surface area contributed by atoms with Crippen LogP contribution < -0.4 is 0 Å². The smallest absolute Gasteiger partial charge is 0.252 e. The van der Waals surface area contributed by atoms with Crippen LogP contribution in [0.5, 0.6) is 0 Å². The Hall–Kier alpha value is -1.94. The molecule has 0 N–H and O–H groups in total. The van der Waals surface area contributed by atoms with Crippen molar-refractivity contribution in [2.24, 2.45) is 0 Å². The second kappa shape index (κ2) is 4.93. The minimum absolute atomic E-state index is 0.0328. The van der Waals surface area contributed by atoms with E-state index in [4.69, 9.17) is 10.00 Å². The van der Waals surface area contributed by atoms with Gasteiger partial charge >= 0.3 is 0 Å². The molecule has 0 saturated carbocycles. The molecule has 1 aliphatic rings. The molecule has 0 aliphatic carbocycles. The predicted octanol–water partition coefficient (Wildman–Crippen LogP) is -0.603. The molecule has 0 spiro atoms. The second-order valence-electron chi connectivity index (χ2n) is 3.90. The molecule has 2 heterocycles. The van der Waals surface area contributed by atoms with Crippen LogP contribution in [0.2, 0.25) is 0 Å². The van der Waals surface area contributed by atoms with Gasteiger partial charge in [0.05, 0.1) is 12.7 Å². The number of rotatable bonds is 2. The van der Waals surface area contributed by atoms with E-state index in [9.17, 15) is 4.79 Å². The maximum absolute atomic E-state index is 11.9. The Morgan fingerprint density at radius 2 is 2.59 bits per heavy atom. The first-order chi connectivity index (χ1) is 8.19. The molecule has 17 heavy (non-hydrogen) atoms. The highest BCUT2D eigenvalue weighted by Gasteiger charge is 2.21. The van der Waals surface area contributed by atoms with Crippen LogP contribution in [-0.2, 0) is 16.1 Å². The second-order valence-corrected chi connectivity index (χ2v) is 3.90. The Labute approximate surface area is 98.6 Å². The summed E-state index contributed by atoms with van der Waals surface area (Å²) in [6.45, 7) is 3.80. The van der Waals surface area contributed by atoms with Gasteiger partial charge in [0.15, 0.2) is 0 Å². The largest absolute Gasteiger partial charge is 0.375 e. The maximum Gasteiger partial charge on any atom is 0.252 e. The third-order valence-corrected chi connectivity index (χ3v) is 2.53. The molecule has 0 aromatic carbocycles. The lowest BCUT2D eigenvalue weighted by molar-refractivity contribution is -0.139. The van der Waals surface area contributed by atoms with Crippen molar-refractivity contribution < 1.29 is 9.53 Å². The van der Waals surface area contributed by atoms with E-state index < -0.39 is 0 Å². The van der Waals surface area contributed by atoms with E-state index in [1.54, 1.807) is 4.90 Å². The molecule has 7 heteroatoms. The van der Waals surface area contributed by atoms with E-state index in [2.05, 4.69) is 10.1 Å². The van der Waals surface area contributed by atoms with Crippen molar-refractivity contribution in [1.29, 1.82) is 5.26 Å². The fraction of sp³-hybridized carbons (Fsp3) is 0.600. The normalized spacial score (nSPS) is 20.0. The molecule has 1 fully saturated rings. The third kappa shape index (κ3) is 2.79. The Morgan fingerprint density at radius 1 is 1.76 bits per heavy atom. The SMILES string of the molecule is C[C@H]1CN(C(=O)Cn2cnc(C#N)n2)CCO1. The van der Waals surface area contributed by atoms with Gasteiger partial charge in [0, 0.05) is 13.1 Å². The van der Waals surface area contributed by atoms with Crippen LogP contribution in [-0.4, -0.2) is 51.4 Å². The van der Waals surface area contributed by atoms with Crippen molar-refractivity contribution in [1.82, 2.24) is 19.7 Å². The fourth-order valence-corrected chi connectivity index (χ4v) is 1.71. The summed E-state index contributed by atoms with van der Waals surface area (Å²) >= 11 is 0. The van der Waals surface area contributed by atoms with Gasteiger partial charge in [-0.15, -0.1) is 5.10 Å². The van der Waals surface area contributed by atoms with Crippen molar-refractivity contribution in [3.8, 4) is 6.07 Å². The first-order valence-electron chi connectivity index (χ1n) is 5.38. The summed E-state index contributed by atoms with van der Waals surface area (Å²) in [4.78, 5) is 17.4. The Kier molecular flexibility index (Phi) is 3.35. The molecule has 0 radical (unpaired) electrons. The fourth-order valence-electron chi connectivity index (χ4n) is 1.71. The van der Waals surface area contributed by atoms with Gasteiger partial charge in [-0.1, -0.05) is 0 Å². The van der Waals surface area contributed by atoms with E-state index in [1.807, 2.05) is 13.0 Å². The van der Waals surface area contributed by atoms with Gasteiger partial charge in [0.2, 0.25) is 5.91 Å². The number of carbonyl (C=O) groups excluding carboxylic acids is 1. The molecular weight excluding hydrogens is 222 g/mol. The molecule has 0 bridgehead atoms. The molecule has 90 valence electrons. The number of hydrogen-bond acceptors (Lipinski definition) is 5. The van der Waals surface area contributed by atoms with E-state index in [0.29, 0.717) is 19.7 Å². The number of nitrogens with zero attached hydrogens (tertiary/aromatic N) is 5. The Morgan fingerprint density at radius 3 is 3.24 bits per heavy atom. The highest BCUT2D eigenvalue weighted by Crippen LogP contribution is 2.05. The van der Waals surface area contributed by atoms with E-state index in [0.717, 1.165) is 0 Å². The minimum atomic E-state index is -0.0328. The van der Waals surface area contributed by atoms with E-state index in [1.165, 1.54) is 11.0 Å². The van der Waals surface area contributed by atoms with Gasteiger partial charge in [0.1, 0.15) is 18.9 Å². The number of hydrogen-bond donors (Lipinski definition) is 0. The van der Waals surface area contributed by atoms with Crippen LogP contribution in [0.3, 0.4) is 0 Å². The van der Waals surface area contributed by atoms with Gasteiger partial charge in [-0.3, -0.25) is 4.79 Å². The van der Waals surface area contributed by atoms with Gasteiger partial charge in [0.25, 0.3) is 5.82 Å². The van der Waals surface area contributed by atoms with Gasteiger partial charge in [-0.05, 0) is 6.92 Å². The van der Waals surface area contributed by atoms with Gasteiger partial charge in [-0.25, -0.2) is 9.67 Å². The average Bonchev–Trinajstić information content (AvgIpc) is 2.77. The highest BCUT2D eigenvalue weighted by atomic mass is 16.5. The number of aromatic nitrogens is 3. The van der Waals surface area contributed by atoms with E-state index in [-0.39, 0.29) is 24.4 Å².